The monoisotopic (exact) mass is 461 g/mol. The van der Waals surface area contributed by atoms with Crippen LogP contribution in [0.5, 0.6) is 0 Å². The second-order valence-corrected chi connectivity index (χ2v) is 9.69. The Morgan fingerprint density at radius 1 is 1.36 bits per heavy atom. The number of amides is 1. The van der Waals surface area contributed by atoms with Crippen LogP contribution in [0.4, 0.5) is 17.2 Å². The maximum atomic E-state index is 12.8. The lowest BCUT2D eigenvalue weighted by atomic mass is 10.1. The van der Waals surface area contributed by atoms with Crippen LogP contribution in [0.3, 0.4) is 0 Å². The second kappa shape index (κ2) is 8.32. The van der Waals surface area contributed by atoms with E-state index in [1.54, 1.807) is 6.92 Å². The van der Waals surface area contributed by atoms with E-state index >= 15 is 0 Å². The zero-order valence-electron chi connectivity index (χ0n) is 14.7. The number of hydrogen-bond acceptors (Lipinski definition) is 7. The van der Waals surface area contributed by atoms with Crippen LogP contribution in [-0.4, -0.2) is 35.8 Å². The van der Waals surface area contributed by atoms with E-state index in [-0.39, 0.29) is 33.1 Å². The molecule has 0 saturated heterocycles. The van der Waals surface area contributed by atoms with Crippen LogP contribution in [0, 0.1) is 0 Å². The number of hydrogen-bond donors (Lipinski definition) is 3. The molecule has 1 aliphatic rings. The van der Waals surface area contributed by atoms with Gasteiger partial charge in [-0.3, -0.25) is 9.52 Å². The molecule has 0 spiro atoms. The van der Waals surface area contributed by atoms with Gasteiger partial charge >= 0.3 is 0 Å². The molecule has 3 rings (SSSR count). The lowest BCUT2D eigenvalue weighted by Gasteiger charge is -2.16. The summed E-state index contributed by atoms with van der Waals surface area (Å²) in [7, 11) is -3.55. The number of nitrogens with one attached hydrogen (secondary N) is 2. The lowest BCUT2D eigenvalue weighted by Crippen LogP contribution is -2.23. The zero-order chi connectivity index (χ0) is 20.5. The molecule has 8 nitrogen and oxygen atoms in total. The van der Waals surface area contributed by atoms with Crippen LogP contribution in [0.2, 0.25) is 10.0 Å². The number of nitrogens with zero attached hydrogens (tertiary/aromatic N) is 2. The number of rotatable bonds is 6. The fraction of sp³-hybridized carbons (Fsp3) is 0.312. The van der Waals surface area contributed by atoms with E-state index in [1.807, 2.05) is 0 Å². The van der Waals surface area contributed by atoms with Crippen molar-refractivity contribution in [1.29, 1.82) is 0 Å². The largest absolute Gasteiger partial charge is 0.383 e. The van der Waals surface area contributed by atoms with Gasteiger partial charge < -0.3 is 11.1 Å². The minimum atomic E-state index is -3.55. The molecule has 1 aromatic heterocycles. The number of carbonyl (C=O) groups is 1. The maximum absolute atomic E-state index is 12.8. The highest BCUT2D eigenvalue weighted by Gasteiger charge is 2.33. The number of benzene rings is 1. The first-order valence-electron chi connectivity index (χ1n) is 8.26. The SMILES string of the molecule is CCCS(=O)(=O)Nc1ccc(Cl)c(NC(=O)C2CSc3c(N)ncnc32)c1Cl. The summed E-state index contributed by atoms with van der Waals surface area (Å²) in [6.45, 7) is 1.75. The van der Waals surface area contributed by atoms with Crippen molar-refractivity contribution in [1.82, 2.24) is 9.97 Å². The Balaban J connectivity index is 1.86. The third-order valence-corrected chi connectivity index (χ3v) is 7.37. The number of halogens is 2. The molecule has 12 heteroatoms. The van der Waals surface area contributed by atoms with Gasteiger partial charge in [0, 0.05) is 5.75 Å². The van der Waals surface area contributed by atoms with E-state index in [0.29, 0.717) is 28.6 Å². The van der Waals surface area contributed by atoms with Crippen LogP contribution in [0.15, 0.2) is 23.4 Å². The molecule has 0 bridgehead atoms. The maximum Gasteiger partial charge on any atom is 0.234 e. The lowest BCUT2D eigenvalue weighted by molar-refractivity contribution is -0.117. The van der Waals surface area contributed by atoms with Crippen molar-refractivity contribution < 1.29 is 13.2 Å². The van der Waals surface area contributed by atoms with Crippen molar-refractivity contribution in [2.45, 2.75) is 24.2 Å². The van der Waals surface area contributed by atoms with Crippen LogP contribution in [0.1, 0.15) is 25.0 Å². The Kier molecular flexibility index (Phi) is 6.23. The Morgan fingerprint density at radius 3 is 2.82 bits per heavy atom. The van der Waals surface area contributed by atoms with Crippen molar-refractivity contribution in [2.24, 2.45) is 0 Å². The average Bonchev–Trinajstić information content (AvgIpc) is 3.06. The molecule has 2 heterocycles. The van der Waals surface area contributed by atoms with Gasteiger partial charge in [0.1, 0.15) is 12.1 Å². The fourth-order valence-corrected chi connectivity index (χ4v) is 5.59. The quantitative estimate of drug-likeness (QED) is 0.601. The minimum Gasteiger partial charge on any atom is -0.383 e. The van der Waals surface area contributed by atoms with Gasteiger partial charge in [-0.05, 0) is 18.6 Å². The van der Waals surface area contributed by atoms with Crippen LogP contribution >= 0.6 is 35.0 Å². The number of sulfonamides is 1. The number of aromatic nitrogens is 2. The predicted octanol–water partition coefficient (Wildman–Crippen LogP) is 3.35. The fourth-order valence-electron chi connectivity index (χ4n) is 2.69. The van der Waals surface area contributed by atoms with Gasteiger partial charge in [0.2, 0.25) is 15.9 Å². The molecule has 28 heavy (non-hydrogen) atoms. The standard InChI is InChI=1S/C16H17Cl2N5O3S2/c1-2-5-28(25,26)23-10-4-3-9(17)13(11(10)18)22-16(24)8-6-27-14-12(8)20-7-21-15(14)19/h3-4,7-8,23H,2,5-6H2,1H3,(H,22,24)(H2,19,20,21). The van der Waals surface area contributed by atoms with Crippen molar-refractivity contribution in [3.8, 4) is 0 Å². The van der Waals surface area contributed by atoms with Crippen molar-refractivity contribution in [3.63, 3.8) is 0 Å². The molecule has 4 N–H and O–H groups in total. The molecule has 0 aliphatic carbocycles. The van der Waals surface area contributed by atoms with E-state index in [2.05, 4.69) is 20.0 Å². The summed E-state index contributed by atoms with van der Waals surface area (Å²) in [5.74, 6) is -0.208. The summed E-state index contributed by atoms with van der Waals surface area (Å²) >= 11 is 13.9. The summed E-state index contributed by atoms with van der Waals surface area (Å²) in [6, 6.07) is 2.91. The van der Waals surface area contributed by atoms with E-state index in [9.17, 15) is 13.2 Å². The summed E-state index contributed by atoms with van der Waals surface area (Å²) in [5, 5.41) is 2.88. The number of nitrogens with two attached hydrogens (primary N) is 1. The Bertz CT molecular complexity index is 1030. The molecule has 0 saturated carbocycles. The first-order valence-corrected chi connectivity index (χ1v) is 11.7. The molecule has 0 radical (unpaired) electrons. The minimum absolute atomic E-state index is 0.00797. The number of fused-ring (bicyclic) bond motifs is 1. The molecule has 1 amide bonds. The highest BCUT2D eigenvalue weighted by molar-refractivity contribution is 7.99. The van der Waals surface area contributed by atoms with Gasteiger partial charge in [0.15, 0.2) is 0 Å². The van der Waals surface area contributed by atoms with Crippen LogP contribution < -0.4 is 15.8 Å². The van der Waals surface area contributed by atoms with E-state index in [4.69, 9.17) is 28.9 Å². The van der Waals surface area contributed by atoms with E-state index in [1.165, 1.54) is 30.2 Å². The highest BCUT2D eigenvalue weighted by atomic mass is 35.5. The number of anilines is 3. The number of thioether (sulfide) groups is 1. The van der Waals surface area contributed by atoms with Gasteiger partial charge in [-0.1, -0.05) is 30.1 Å². The first-order chi connectivity index (χ1) is 13.2. The van der Waals surface area contributed by atoms with Crippen LogP contribution in [-0.2, 0) is 14.8 Å². The van der Waals surface area contributed by atoms with E-state index < -0.39 is 15.9 Å². The third-order valence-electron chi connectivity index (χ3n) is 3.98. The molecular weight excluding hydrogens is 445 g/mol. The Labute approximate surface area is 176 Å². The molecule has 1 aliphatic heterocycles. The number of carbonyl (C=O) groups excluding carboxylic acids is 1. The second-order valence-electron chi connectivity index (χ2n) is 6.03. The highest BCUT2D eigenvalue weighted by Crippen LogP contribution is 2.42. The summed E-state index contributed by atoms with van der Waals surface area (Å²) in [4.78, 5) is 21.6. The molecule has 1 atom stereocenters. The predicted molar refractivity (Wildman–Crippen MR) is 113 cm³/mol. The Hall–Kier alpha value is -1.75. The normalized spacial score (nSPS) is 15.9. The molecule has 1 unspecified atom stereocenters. The summed E-state index contributed by atoms with van der Waals surface area (Å²) in [5.41, 5.74) is 6.64. The van der Waals surface area contributed by atoms with Gasteiger partial charge in [0.05, 0.1) is 43.7 Å². The number of nitrogen functional groups attached to an aromatic ring is 1. The molecule has 150 valence electrons. The topological polar surface area (TPSA) is 127 Å². The van der Waals surface area contributed by atoms with Crippen molar-refractivity contribution in [2.75, 3.05) is 27.3 Å². The molecular formula is C16H17Cl2N5O3S2. The summed E-state index contributed by atoms with van der Waals surface area (Å²) in [6.07, 6.45) is 1.76. The zero-order valence-corrected chi connectivity index (χ0v) is 17.8. The summed E-state index contributed by atoms with van der Waals surface area (Å²) < 4.78 is 26.5. The van der Waals surface area contributed by atoms with Crippen molar-refractivity contribution >= 4 is 68.1 Å². The van der Waals surface area contributed by atoms with Crippen molar-refractivity contribution in [3.05, 3.63) is 34.2 Å². The average molecular weight is 462 g/mol. The first kappa shape index (κ1) is 21.0. The molecule has 0 fully saturated rings. The van der Waals surface area contributed by atoms with Gasteiger partial charge in [0.25, 0.3) is 0 Å². The smallest absolute Gasteiger partial charge is 0.234 e. The van der Waals surface area contributed by atoms with E-state index in [0.717, 1.165) is 0 Å². The van der Waals surface area contributed by atoms with Gasteiger partial charge in [-0.2, -0.15) is 0 Å². The van der Waals surface area contributed by atoms with Gasteiger partial charge in [-0.25, -0.2) is 18.4 Å². The van der Waals surface area contributed by atoms with Crippen LogP contribution in [0.25, 0.3) is 0 Å². The molecule has 2 aromatic rings. The Morgan fingerprint density at radius 2 is 2.11 bits per heavy atom. The molecule has 1 aromatic carbocycles. The van der Waals surface area contributed by atoms with Gasteiger partial charge in [-0.15, -0.1) is 11.8 Å². The third kappa shape index (κ3) is 4.29.